The van der Waals surface area contributed by atoms with E-state index in [1.165, 1.54) is 11.8 Å². The molecule has 274 valence electrons. The highest BCUT2D eigenvalue weighted by Gasteiger charge is 2.41. The molecular weight excluding hydrogens is 700 g/mol. The van der Waals surface area contributed by atoms with Gasteiger partial charge in [0.1, 0.15) is 21.2 Å². The van der Waals surface area contributed by atoms with Crippen LogP contribution in [0, 0.1) is 17.8 Å². The minimum atomic E-state index is -3.65. The van der Waals surface area contributed by atoms with Crippen LogP contribution in [0.2, 0.25) is 5.02 Å². The number of rotatable bonds is 8. The topological polar surface area (TPSA) is 128 Å². The Morgan fingerprint density at radius 3 is 2.67 bits per heavy atom. The fraction of sp³-hybridized carbons (Fsp3) is 0.436. The highest BCUT2D eigenvalue weighted by Crippen LogP contribution is 2.45. The molecule has 52 heavy (non-hydrogen) atoms. The maximum Gasteiger partial charge on any atom is 0.286 e. The number of aromatic nitrogens is 3. The smallest absolute Gasteiger partial charge is 0.286 e. The zero-order valence-corrected chi connectivity index (χ0v) is 31.6. The number of fused-ring (bicyclic) bond motifs is 3. The number of nitrogens with zero attached hydrogens (tertiary/aromatic N) is 5. The van der Waals surface area contributed by atoms with E-state index >= 15 is 0 Å². The molecule has 2 amide bonds. The maximum absolute atomic E-state index is 14.9. The Morgan fingerprint density at radius 2 is 1.94 bits per heavy atom. The van der Waals surface area contributed by atoms with E-state index in [1.54, 1.807) is 49.3 Å². The van der Waals surface area contributed by atoms with Crippen molar-refractivity contribution in [2.45, 2.75) is 58.1 Å². The number of carbonyl (C=O) groups is 2. The Balaban J connectivity index is 1.22. The number of hydrogen-bond donors (Lipinski definition) is 1. The lowest BCUT2D eigenvalue weighted by atomic mass is 9.66. The van der Waals surface area contributed by atoms with E-state index < -0.39 is 21.7 Å². The van der Waals surface area contributed by atoms with Crippen molar-refractivity contribution in [3.8, 4) is 5.75 Å². The van der Waals surface area contributed by atoms with Crippen molar-refractivity contribution in [2.75, 3.05) is 31.4 Å². The normalized spacial score (nSPS) is 21.8. The summed E-state index contributed by atoms with van der Waals surface area (Å²) in [6.45, 7) is 3.31. The second kappa shape index (κ2) is 15.0. The summed E-state index contributed by atoms with van der Waals surface area (Å²) in [4.78, 5) is 38.7. The second-order valence-electron chi connectivity index (χ2n) is 14.3. The van der Waals surface area contributed by atoms with Gasteiger partial charge in [-0.1, -0.05) is 30.7 Å². The van der Waals surface area contributed by atoms with Crippen molar-refractivity contribution < 1.29 is 23.3 Å². The van der Waals surface area contributed by atoms with E-state index in [-0.39, 0.29) is 28.9 Å². The molecule has 1 N–H and O–H groups in total. The summed E-state index contributed by atoms with van der Waals surface area (Å²) in [5.41, 5.74) is 5.40. The minimum Gasteiger partial charge on any atom is -0.491 e. The van der Waals surface area contributed by atoms with E-state index in [9.17, 15) is 13.8 Å². The predicted octanol–water partition coefficient (Wildman–Crippen LogP) is 6.93. The molecule has 3 heterocycles. The average molecular weight is 745 g/mol. The lowest BCUT2D eigenvalue weighted by Crippen LogP contribution is -2.43. The number of ether oxygens (including phenoxy) is 2. The van der Waals surface area contributed by atoms with Crippen LogP contribution in [0.3, 0.4) is 0 Å². The van der Waals surface area contributed by atoms with E-state index in [0.717, 1.165) is 43.2 Å². The van der Waals surface area contributed by atoms with Gasteiger partial charge in [0.15, 0.2) is 5.65 Å². The first kappa shape index (κ1) is 36.1. The second-order valence-corrected chi connectivity index (χ2v) is 16.7. The van der Waals surface area contributed by atoms with Gasteiger partial charge in [-0.3, -0.25) is 19.3 Å². The predicted molar refractivity (Wildman–Crippen MR) is 203 cm³/mol. The van der Waals surface area contributed by atoms with Crippen LogP contribution in [0.15, 0.2) is 71.0 Å². The molecule has 7 rings (SSSR count). The van der Waals surface area contributed by atoms with Gasteiger partial charge in [0, 0.05) is 56.9 Å². The van der Waals surface area contributed by atoms with Gasteiger partial charge >= 0.3 is 0 Å². The van der Waals surface area contributed by atoms with Crippen LogP contribution >= 0.6 is 11.6 Å². The molecule has 2 aliphatic carbocycles. The lowest BCUT2D eigenvalue weighted by molar-refractivity contribution is 0.00265. The van der Waals surface area contributed by atoms with Gasteiger partial charge in [-0.05, 0) is 103 Å². The number of benzene rings is 2. The molecule has 5 atom stereocenters. The Kier molecular flexibility index (Phi) is 10.4. The van der Waals surface area contributed by atoms with Crippen LogP contribution in [0.25, 0.3) is 11.2 Å². The van der Waals surface area contributed by atoms with Gasteiger partial charge in [0.2, 0.25) is 0 Å². The quantitative estimate of drug-likeness (QED) is 0.193. The molecule has 0 bridgehead atoms. The summed E-state index contributed by atoms with van der Waals surface area (Å²) in [6.07, 6.45) is 12.2. The zero-order valence-electron chi connectivity index (χ0n) is 30.0. The molecule has 0 radical (unpaired) electrons. The van der Waals surface area contributed by atoms with Crippen LogP contribution in [-0.2, 0) is 34.7 Å². The average Bonchev–Trinajstić information content (AvgIpc) is 3.45. The summed E-state index contributed by atoms with van der Waals surface area (Å²) >= 11 is 6.35. The SMILES string of the molecule is CO[C@@H](C1=CC[C@H]1CS(=O)(=NC(=O)c1ccc2c(c1)N(C)Cc1ccc(Cl)cc1CCCCO2)NC(=O)c1cn(C)c2nccnc12)[C@@H]1CC[C@H]1C. The van der Waals surface area contributed by atoms with Gasteiger partial charge in [0.25, 0.3) is 11.8 Å². The van der Waals surface area contributed by atoms with Crippen molar-refractivity contribution in [3.05, 3.63) is 93.9 Å². The Labute approximate surface area is 310 Å². The van der Waals surface area contributed by atoms with E-state index in [1.807, 2.05) is 30.1 Å². The summed E-state index contributed by atoms with van der Waals surface area (Å²) in [5, 5.41) is 0.700. The summed E-state index contributed by atoms with van der Waals surface area (Å²) in [6, 6.07) is 11.1. The molecule has 3 aliphatic rings. The number of amides is 2. The van der Waals surface area contributed by atoms with Crippen LogP contribution < -0.4 is 14.4 Å². The first-order valence-corrected chi connectivity index (χ1v) is 19.9. The molecule has 4 aromatic rings. The van der Waals surface area contributed by atoms with Gasteiger partial charge in [-0.25, -0.2) is 9.19 Å². The largest absolute Gasteiger partial charge is 0.491 e. The third kappa shape index (κ3) is 7.33. The molecule has 2 aromatic carbocycles. The number of methoxy groups -OCH3 is 1. The fourth-order valence-electron chi connectivity index (χ4n) is 7.65. The van der Waals surface area contributed by atoms with Crippen molar-refractivity contribution >= 4 is 50.2 Å². The number of hydrogen-bond acceptors (Lipinski definition) is 8. The summed E-state index contributed by atoms with van der Waals surface area (Å²) < 4.78 is 35.8. The molecule has 0 saturated heterocycles. The van der Waals surface area contributed by atoms with E-state index in [0.29, 0.717) is 59.0 Å². The first-order valence-electron chi connectivity index (χ1n) is 17.9. The number of nitrogens with one attached hydrogen (secondary N) is 1. The number of allylic oxidation sites excluding steroid dienone is 1. The third-order valence-electron chi connectivity index (χ3n) is 10.8. The zero-order chi connectivity index (χ0) is 36.6. The highest BCUT2D eigenvalue weighted by atomic mass is 35.5. The van der Waals surface area contributed by atoms with Crippen molar-refractivity contribution in [1.82, 2.24) is 19.3 Å². The monoisotopic (exact) mass is 744 g/mol. The molecule has 1 aliphatic heterocycles. The third-order valence-corrected chi connectivity index (χ3v) is 12.9. The first-order chi connectivity index (χ1) is 25.0. The molecule has 2 aromatic heterocycles. The van der Waals surface area contributed by atoms with Crippen molar-refractivity contribution in [1.29, 1.82) is 0 Å². The number of aryl methyl sites for hydroxylation is 2. The number of anilines is 1. The standard InChI is InChI=1S/C39H45ClN6O5S/c1-24-8-13-30(24)36(50-4)31-14-10-28(31)23-52(49,44-39(48)32-22-46(3)37-35(32)41-16-17-42-37)43-38(47)26-11-15-34-33(20-26)45(2)21-27-9-12-29(40)19-25(27)7-5-6-18-51-34/h9,11-12,14-17,19-20,22,24,28,30,36H,5-8,10,13,18,21,23H2,1-4H3,(H,43,44,47,48,49)/t24-,28+,30-,36-,52?/m1/s1. The minimum absolute atomic E-state index is 0.0268. The van der Waals surface area contributed by atoms with Crippen molar-refractivity contribution in [3.63, 3.8) is 0 Å². The van der Waals surface area contributed by atoms with Crippen LogP contribution in [0.5, 0.6) is 5.75 Å². The van der Waals surface area contributed by atoms with Gasteiger partial charge in [-0.15, -0.1) is 4.36 Å². The van der Waals surface area contributed by atoms with Crippen LogP contribution in [0.1, 0.15) is 70.9 Å². The molecule has 1 saturated carbocycles. The molecular formula is C39H45ClN6O5S. The van der Waals surface area contributed by atoms with Gasteiger partial charge in [-0.2, -0.15) is 0 Å². The molecule has 13 heteroatoms. The van der Waals surface area contributed by atoms with Gasteiger partial charge < -0.3 is 18.9 Å². The highest BCUT2D eigenvalue weighted by molar-refractivity contribution is 7.92. The number of halogens is 1. The Morgan fingerprint density at radius 1 is 1.12 bits per heavy atom. The Hall–Kier alpha value is -4.26. The van der Waals surface area contributed by atoms with Crippen LogP contribution in [0.4, 0.5) is 5.69 Å². The fourth-order valence-corrected chi connectivity index (χ4v) is 9.69. The molecule has 1 unspecified atom stereocenters. The van der Waals surface area contributed by atoms with E-state index in [2.05, 4.69) is 32.1 Å². The summed E-state index contributed by atoms with van der Waals surface area (Å²) in [5.74, 6) is 0.0168. The maximum atomic E-state index is 14.9. The number of carbonyl (C=O) groups excluding carboxylic acids is 2. The lowest BCUT2D eigenvalue weighted by Gasteiger charge is -2.44. The molecule has 11 nitrogen and oxygen atoms in total. The summed E-state index contributed by atoms with van der Waals surface area (Å²) in [7, 11) is 1.77. The Bertz CT molecular complexity index is 2180. The van der Waals surface area contributed by atoms with E-state index in [4.69, 9.17) is 21.1 Å². The van der Waals surface area contributed by atoms with Crippen molar-refractivity contribution in [2.24, 2.45) is 29.2 Å². The molecule has 1 fully saturated rings. The van der Waals surface area contributed by atoms with Gasteiger partial charge in [0.05, 0.1) is 29.7 Å². The molecule has 0 spiro atoms. The van der Waals surface area contributed by atoms with Crippen LogP contribution in [-0.4, -0.2) is 63.2 Å².